The number of benzene rings is 1. The molecule has 3 heterocycles. The maximum Gasteiger partial charge on any atom is 0.477 e. The number of hydrogen-bond donors (Lipinski definition) is 5. The Bertz CT molecular complexity index is 1770. The molecular formula is C37H55BN4O12P2. The van der Waals surface area contributed by atoms with E-state index in [0.29, 0.717) is 23.9 Å². The van der Waals surface area contributed by atoms with Crippen LogP contribution in [0.2, 0.25) is 5.82 Å². The fourth-order valence-electron chi connectivity index (χ4n) is 10.2. The first-order chi connectivity index (χ1) is 26.4. The van der Waals surface area contributed by atoms with Gasteiger partial charge in [0, 0.05) is 12.4 Å². The van der Waals surface area contributed by atoms with E-state index in [1.54, 1.807) is 0 Å². The van der Waals surface area contributed by atoms with Crippen molar-refractivity contribution in [1.29, 1.82) is 0 Å². The summed E-state index contributed by atoms with van der Waals surface area (Å²) in [4.78, 5) is 87.8. The Labute approximate surface area is 327 Å². The van der Waals surface area contributed by atoms with E-state index in [1.165, 1.54) is 18.6 Å². The van der Waals surface area contributed by atoms with E-state index >= 15 is 0 Å². The van der Waals surface area contributed by atoms with Crippen molar-refractivity contribution in [3.05, 3.63) is 60.2 Å². The molecule has 1 aromatic heterocycles. The summed E-state index contributed by atoms with van der Waals surface area (Å²) >= 11 is 0. The zero-order chi connectivity index (χ0) is 40.4. The molecule has 56 heavy (non-hydrogen) atoms. The fraction of sp³-hybridized carbons (Fsp3) is 0.649. The molecule has 2 spiro atoms. The van der Waals surface area contributed by atoms with E-state index in [4.69, 9.17) is 14.0 Å². The summed E-state index contributed by atoms with van der Waals surface area (Å²) in [5.41, 5.74) is -0.108. The van der Waals surface area contributed by atoms with E-state index in [1.807, 2.05) is 30.3 Å². The Hall–Kier alpha value is -2.85. The van der Waals surface area contributed by atoms with Crippen LogP contribution in [0.15, 0.2) is 48.9 Å². The highest BCUT2D eigenvalue weighted by Gasteiger charge is 2.73. The van der Waals surface area contributed by atoms with Gasteiger partial charge in [-0.2, -0.15) is 0 Å². The minimum atomic E-state index is -5.34. The number of carbonyl (C=O) groups is 3. The molecule has 308 valence electrons. The number of Topliss-reactive ketones (excluding diaryl/α,β-unsaturated/α-hetero) is 1. The van der Waals surface area contributed by atoms with Crippen molar-refractivity contribution in [3.63, 3.8) is 0 Å². The van der Waals surface area contributed by atoms with Gasteiger partial charge in [0.15, 0.2) is 11.2 Å². The largest absolute Gasteiger partial charge is 0.505 e. The van der Waals surface area contributed by atoms with E-state index in [9.17, 15) is 43.1 Å². The molecular weight excluding hydrogens is 765 g/mol. The molecule has 2 saturated carbocycles. The molecule has 6 rings (SSSR count). The number of carbonyl (C=O) groups excluding carboxylic acids is 3. The van der Waals surface area contributed by atoms with Crippen LogP contribution in [0.3, 0.4) is 0 Å². The van der Waals surface area contributed by atoms with Crippen molar-refractivity contribution in [2.24, 2.45) is 5.92 Å². The summed E-state index contributed by atoms with van der Waals surface area (Å²) < 4.78 is 44.5. The number of nitrogens with one attached hydrogen (secondary N) is 1. The van der Waals surface area contributed by atoms with Crippen molar-refractivity contribution in [1.82, 2.24) is 15.3 Å². The molecule has 1 aromatic carbocycles. The molecule has 1 unspecified atom stereocenters. The second-order valence-electron chi connectivity index (χ2n) is 17.0. The molecule has 0 radical (unpaired) electrons. The lowest BCUT2D eigenvalue weighted by atomic mass is 9.51. The normalized spacial score (nSPS) is 25.1. The first-order valence-electron chi connectivity index (χ1n) is 19.7. The first-order valence-corrected chi connectivity index (χ1v) is 23.1. The number of quaternary nitrogens is 1. The van der Waals surface area contributed by atoms with Crippen LogP contribution in [0.25, 0.3) is 0 Å². The van der Waals surface area contributed by atoms with E-state index < -0.39 is 68.6 Å². The highest BCUT2D eigenvalue weighted by atomic mass is 31.2. The fourth-order valence-corrected chi connectivity index (χ4v) is 12.5. The number of hydrogen-bond acceptors (Lipinski definition) is 10. The average molecular weight is 821 g/mol. The monoisotopic (exact) mass is 820 g/mol. The molecule has 4 fully saturated rings. The lowest BCUT2D eigenvalue weighted by Crippen LogP contribution is -2.66. The summed E-state index contributed by atoms with van der Waals surface area (Å²) in [5, 5.41) is 0.431. The molecule has 4 aliphatic rings. The Balaban J connectivity index is 1.33. The van der Waals surface area contributed by atoms with Crippen LogP contribution >= 0.6 is 15.2 Å². The SMILES string of the molecule is CC(C)CC(CC(=O)[C@H](Cc1ccccc1)NC(=O)c1cnccn1)[B-]12OC3(CCCC3)C[N+]1(CCOC(=O)CC(P(=O)(O)O)P(=O)(O)O)CC1(CCCC1)O2. The molecule has 0 bridgehead atoms. The second kappa shape index (κ2) is 16.8. The number of ether oxygens (including phenoxy) is 1. The predicted octanol–water partition coefficient (Wildman–Crippen LogP) is 4.25. The van der Waals surface area contributed by atoms with Gasteiger partial charge in [-0.1, -0.05) is 76.3 Å². The van der Waals surface area contributed by atoms with Gasteiger partial charge in [-0.25, -0.2) is 4.98 Å². The third-order valence-corrected chi connectivity index (χ3v) is 16.1. The maximum atomic E-state index is 14.8. The van der Waals surface area contributed by atoms with Gasteiger partial charge in [-0.05, 0) is 55.8 Å². The van der Waals surface area contributed by atoms with E-state index in [0.717, 1.165) is 56.9 Å². The minimum absolute atomic E-state index is 0.0363. The van der Waals surface area contributed by atoms with Gasteiger partial charge in [-0.3, -0.25) is 28.5 Å². The summed E-state index contributed by atoms with van der Waals surface area (Å²) in [6.07, 6.45) is 10.9. The molecule has 2 aliphatic heterocycles. The first kappa shape index (κ1) is 42.8. The molecule has 2 saturated heterocycles. The molecule has 19 heteroatoms. The van der Waals surface area contributed by atoms with Crippen LogP contribution in [0, 0.1) is 5.92 Å². The van der Waals surface area contributed by atoms with Gasteiger partial charge in [0.1, 0.15) is 12.3 Å². The molecule has 5 N–H and O–H groups in total. The lowest BCUT2D eigenvalue weighted by molar-refractivity contribution is -0.829. The van der Waals surface area contributed by atoms with Gasteiger partial charge < -0.3 is 43.3 Å². The summed E-state index contributed by atoms with van der Waals surface area (Å²) in [6, 6.07) is 8.54. The van der Waals surface area contributed by atoms with Crippen LogP contribution in [-0.4, -0.2) is 107 Å². The minimum Gasteiger partial charge on any atom is -0.505 e. The van der Waals surface area contributed by atoms with Gasteiger partial charge >= 0.3 is 27.8 Å². The van der Waals surface area contributed by atoms with Gasteiger partial charge in [0.25, 0.3) is 5.91 Å². The highest BCUT2D eigenvalue weighted by molar-refractivity contribution is 7.70. The zero-order valence-corrected chi connectivity index (χ0v) is 33.9. The topological polar surface area (TPSA) is 232 Å². The Morgan fingerprint density at radius 3 is 2.02 bits per heavy atom. The van der Waals surface area contributed by atoms with Crippen molar-refractivity contribution >= 4 is 39.5 Å². The maximum absolute atomic E-state index is 14.8. The number of fused-ring (bicyclic) bond motifs is 1. The van der Waals surface area contributed by atoms with Crippen molar-refractivity contribution in [3.8, 4) is 0 Å². The Morgan fingerprint density at radius 1 is 0.911 bits per heavy atom. The van der Waals surface area contributed by atoms with Crippen LogP contribution in [0.5, 0.6) is 0 Å². The number of esters is 1. The lowest BCUT2D eigenvalue weighted by Gasteiger charge is -2.50. The van der Waals surface area contributed by atoms with Crippen molar-refractivity contribution in [2.45, 2.75) is 119 Å². The van der Waals surface area contributed by atoms with Gasteiger partial charge in [0.05, 0.1) is 49.5 Å². The highest BCUT2D eigenvalue weighted by Crippen LogP contribution is 2.62. The second-order valence-corrected chi connectivity index (χ2v) is 21.0. The van der Waals surface area contributed by atoms with Crippen LogP contribution in [0.4, 0.5) is 0 Å². The Kier molecular flexibility index (Phi) is 12.8. The predicted molar refractivity (Wildman–Crippen MR) is 205 cm³/mol. The third kappa shape index (κ3) is 9.38. The number of nitrogens with zero attached hydrogens (tertiary/aromatic N) is 3. The van der Waals surface area contributed by atoms with Crippen molar-refractivity contribution in [2.75, 3.05) is 26.2 Å². The standard InChI is InChI=1S/C37H55BN4O12P2/c1-27(2)20-29(22-32(43)30(21-28-10-4-3-5-11-28)41-35(45)31-24-39-16-17-40-31)38-42(25-36(53-38)12-6-7-13-36,26-37(54-38)14-8-9-15-37)18-19-52-33(44)23-34(55(46,47)48)56(49,50)51/h3-5,10-11,16-17,24,27,29-30,34H,6-9,12-15,18-23,25-26H2,1-2H3,(H,41,45)(H2,46,47,48)(H2,49,50,51)/t29?,30-,38?,42?/m0/s1. The molecule has 2 atom stereocenters. The molecule has 2 aromatic rings. The number of ketones is 1. The molecule has 1 amide bonds. The van der Waals surface area contributed by atoms with Crippen LogP contribution < -0.4 is 5.32 Å². The van der Waals surface area contributed by atoms with Crippen LogP contribution in [-0.2, 0) is 39.2 Å². The molecule has 2 aliphatic carbocycles. The Morgan fingerprint density at radius 2 is 1.50 bits per heavy atom. The average Bonchev–Trinajstić information content (AvgIpc) is 3.89. The van der Waals surface area contributed by atoms with Gasteiger partial charge in [0.2, 0.25) is 0 Å². The molecule has 16 nitrogen and oxygen atoms in total. The number of amides is 1. The summed E-state index contributed by atoms with van der Waals surface area (Å²) in [7, 11) is -10.7. The van der Waals surface area contributed by atoms with Crippen molar-refractivity contribution < 1.29 is 61.5 Å². The quantitative estimate of drug-likeness (QED) is 0.0854. The van der Waals surface area contributed by atoms with Crippen LogP contribution in [0.1, 0.15) is 101 Å². The zero-order valence-electron chi connectivity index (χ0n) is 32.1. The van der Waals surface area contributed by atoms with E-state index in [-0.39, 0.29) is 43.4 Å². The summed E-state index contributed by atoms with van der Waals surface area (Å²) in [6.45, 7) is 2.97. The number of rotatable bonds is 17. The third-order valence-electron chi connectivity index (χ3n) is 12.4. The van der Waals surface area contributed by atoms with Gasteiger partial charge in [-0.15, -0.1) is 0 Å². The smallest absolute Gasteiger partial charge is 0.477 e. The number of aromatic nitrogens is 2. The summed E-state index contributed by atoms with van der Waals surface area (Å²) in [5.74, 6) is -2.16. The van der Waals surface area contributed by atoms with E-state index in [2.05, 4.69) is 29.1 Å².